The number of rotatable bonds is 9. The van der Waals surface area contributed by atoms with Gasteiger partial charge in [-0.3, -0.25) is 0 Å². The molecular weight excluding hydrogens is 188 g/mol. The van der Waals surface area contributed by atoms with Crippen LogP contribution in [0.15, 0.2) is 0 Å². The second kappa shape index (κ2) is 9.13. The fourth-order valence-corrected chi connectivity index (χ4v) is 1.48. The summed E-state index contributed by atoms with van der Waals surface area (Å²) >= 11 is 0. The molecule has 0 aliphatic rings. The van der Waals surface area contributed by atoms with Crippen LogP contribution >= 0.6 is 0 Å². The number of unbranched alkanes of at least 4 members (excludes halogenated alkanes) is 2. The first-order valence-electron chi connectivity index (χ1n) is 6.13. The molecular formula is C12H28N2O. The maximum atomic E-state index is 8.64. The smallest absolute Gasteiger partial charge is 0.0431 e. The van der Waals surface area contributed by atoms with Gasteiger partial charge in [-0.25, -0.2) is 0 Å². The Bertz CT molecular complexity index is 140. The first-order valence-corrected chi connectivity index (χ1v) is 6.13. The second-order valence-corrected chi connectivity index (χ2v) is 4.78. The molecule has 0 aromatic heterocycles. The molecule has 0 spiro atoms. The lowest BCUT2D eigenvalue weighted by Crippen LogP contribution is -2.32. The van der Waals surface area contributed by atoms with E-state index in [9.17, 15) is 0 Å². The summed E-state index contributed by atoms with van der Waals surface area (Å²) in [4.78, 5) is 2.33. The lowest BCUT2D eigenvalue weighted by molar-refractivity contribution is 0.267. The Morgan fingerprint density at radius 3 is 2.33 bits per heavy atom. The normalized spacial score (nSPS) is 13.8. The Morgan fingerprint density at radius 2 is 1.80 bits per heavy atom. The predicted octanol–water partition coefficient (Wildman–Crippen LogP) is 1.45. The van der Waals surface area contributed by atoms with E-state index >= 15 is 0 Å². The lowest BCUT2D eigenvalue weighted by atomic mass is 10.0. The van der Waals surface area contributed by atoms with E-state index in [-0.39, 0.29) is 0 Å². The molecule has 0 fully saturated rings. The molecule has 0 radical (unpaired) electrons. The van der Waals surface area contributed by atoms with Gasteiger partial charge in [0.25, 0.3) is 0 Å². The van der Waals surface area contributed by atoms with Crippen LogP contribution in [-0.4, -0.2) is 42.8 Å². The van der Waals surface area contributed by atoms with E-state index in [2.05, 4.69) is 25.8 Å². The van der Waals surface area contributed by atoms with Crippen LogP contribution in [0.3, 0.4) is 0 Å². The predicted molar refractivity (Wildman–Crippen MR) is 65.9 cm³/mol. The molecule has 0 amide bonds. The van der Waals surface area contributed by atoms with Crippen molar-refractivity contribution in [2.24, 2.45) is 11.7 Å². The third-order valence-electron chi connectivity index (χ3n) is 2.90. The fraction of sp³-hybridized carbons (Fsp3) is 1.00. The van der Waals surface area contributed by atoms with E-state index in [0.717, 1.165) is 32.4 Å². The number of hydrogen-bond donors (Lipinski definition) is 2. The van der Waals surface area contributed by atoms with E-state index in [4.69, 9.17) is 10.8 Å². The zero-order valence-corrected chi connectivity index (χ0v) is 10.6. The highest BCUT2D eigenvalue weighted by Crippen LogP contribution is 2.04. The van der Waals surface area contributed by atoms with Crippen LogP contribution in [0.4, 0.5) is 0 Å². The maximum absolute atomic E-state index is 8.64. The molecule has 1 atom stereocenters. The van der Waals surface area contributed by atoms with Crippen molar-refractivity contribution in [3.05, 3.63) is 0 Å². The summed E-state index contributed by atoms with van der Waals surface area (Å²) in [5.41, 5.74) is 5.98. The summed E-state index contributed by atoms with van der Waals surface area (Å²) < 4.78 is 0. The average Bonchev–Trinajstić information content (AvgIpc) is 2.20. The van der Waals surface area contributed by atoms with E-state index < -0.39 is 0 Å². The number of nitrogens with zero attached hydrogens (tertiary/aromatic N) is 1. The first-order chi connectivity index (χ1) is 7.07. The van der Waals surface area contributed by atoms with Crippen molar-refractivity contribution in [1.29, 1.82) is 0 Å². The van der Waals surface area contributed by atoms with Gasteiger partial charge in [-0.15, -0.1) is 0 Å². The zero-order chi connectivity index (χ0) is 11.7. The van der Waals surface area contributed by atoms with Crippen LogP contribution in [0.1, 0.15) is 39.5 Å². The molecule has 3 nitrogen and oxygen atoms in total. The molecule has 0 bridgehead atoms. The molecule has 0 saturated heterocycles. The molecule has 92 valence electrons. The van der Waals surface area contributed by atoms with Crippen molar-refractivity contribution < 1.29 is 5.11 Å². The maximum Gasteiger partial charge on any atom is 0.0431 e. The third-order valence-corrected chi connectivity index (χ3v) is 2.90. The van der Waals surface area contributed by atoms with Gasteiger partial charge in [0.05, 0.1) is 0 Å². The minimum atomic E-state index is 0.321. The molecule has 3 heteroatoms. The molecule has 0 aliphatic heterocycles. The van der Waals surface area contributed by atoms with Crippen LogP contribution in [0, 0.1) is 5.92 Å². The molecule has 0 saturated carbocycles. The minimum absolute atomic E-state index is 0.321. The minimum Gasteiger partial charge on any atom is -0.396 e. The Hall–Kier alpha value is -0.120. The van der Waals surface area contributed by atoms with E-state index in [1.165, 1.54) is 6.42 Å². The molecule has 15 heavy (non-hydrogen) atoms. The highest BCUT2D eigenvalue weighted by atomic mass is 16.2. The van der Waals surface area contributed by atoms with Crippen molar-refractivity contribution in [1.82, 2.24) is 4.90 Å². The number of aliphatic hydroxyl groups is 1. The highest BCUT2D eigenvalue weighted by molar-refractivity contribution is 4.67. The van der Waals surface area contributed by atoms with Crippen LogP contribution in [0.25, 0.3) is 0 Å². The Kier molecular flexibility index (Phi) is 9.06. The molecule has 1 unspecified atom stereocenters. The molecule has 0 aromatic carbocycles. The summed E-state index contributed by atoms with van der Waals surface area (Å²) in [5, 5.41) is 8.64. The molecule has 0 heterocycles. The topological polar surface area (TPSA) is 49.5 Å². The van der Waals surface area contributed by atoms with Gasteiger partial charge in [-0.2, -0.15) is 0 Å². The van der Waals surface area contributed by atoms with Gasteiger partial charge in [0.15, 0.2) is 0 Å². The number of nitrogens with two attached hydrogens (primary N) is 1. The Labute approximate surface area is 94.6 Å². The SMILES string of the molecule is CC(C)C(N)CCN(C)CCCCCO. The zero-order valence-electron chi connectivity index (χ0n) is 10.6. The van der Waals surface area contributed by atoms with Gasteiger partial charge in [0.2, 0.25) is 0 Å². The van der Waals surface area contributed by atoms with Gasteiger partial charge in [-0.05, 0) is 51.7 Å². The van der Waals surface area contributed by atoms with Crippen LogP contribution in [0.5, 0.6) is 0 Å². The van der Waals surface area contributed by atoms with Gasteiger partial charge >= 0.3 is 0 Å². The van der Waals surface area contributed by atoms with E-state index in [1.54, 1.807) is 0 Å². The molecule has 0 rings (SSSR count). The monoisotopic (exact) mass is 216 g/mol. The Morgan fingerprint density at radius 1 is 1.13 bits per heavy atom. The van der Waals surface area contributed by atoms with Crippen LogP contribution < -0.4 is 5.73 Å². The number of hydrogen-bond acceptors (Lipinski definition) is 3. The standard InChI is InChI=1S/C12H28N2O/c1-11(2)12(13)7-9-14(3)8-5-4-6-10-15/h11-12,15H,4-10,13H2,1-3H3. The Balaban J connectivity index is 3.36. The molecule has 0 aliphatic carbocycles. The van der Waals surface area contributed by atoms with Crippen LogP contribution in [0.2, 0.25) is 0 Å². The van der Waals surface area contributed by atoms with Gasteiger partial charge in [0, 0.05) is 12.6 Å². The van der Waals surface area contributed by atoms with Crippen molar-refractivity contribution >= 4 is 0 Å². The van der Waals surface area contributed by atoms with E-state index in [0.29, 0.717) is 18.6 Å². The van der Waals surface area contributed by atoms with Crippen LogP contribution in [-0.2, 0) is 0 Å². The van der Waals surface area contributed by atoms with E-state index in [1.807, 2.05) is 0 Å². The molecule has 0 aromatic rings. The quantitative estimate of drug-likeness (QED) is 0.574. The van der Waals surface area contributed by atoms with Crippen molar-refractivity contribution in [3.63, 3.8) is 0 Å². The van der Waals surface area contributed by atoms with Gasteiger partial charge < -0.3 is 15.7 Å². The summed E-state index contributed by atoms with van der Waals surface area (Å²) in [6.07, 6.45) is 4.30. The summed E-state index contributed by atoms with van der Waals surface area (Å²) in [6, 6.07) is 0.324. The van der Waals surface area contributed by atoms with Crippen molar-refractivity contribution in [3.8, 4) is 0 Å². The summed E-state index contributed by atoms with van der Waals surface area (Å²) in [7, 11) is 2.14. The first kappa shape index (κ1) is 14.9. The molecule has 3 N–H and O–H groups in total. The summed E-state index contributed by atoms with van der Waals surface area (Å²) in [6.45, 7) is 6.86. The number of aliphatic hydroxyl groups excluding tert-OH is 1. The van der Waals surface area contributed by atoms with Gasteiger partial charge in [0.1, 0.15) is 0 Å². The lowest BCUT2D eigenvalue weighted by Gasteiger charge is -2.21. The van der Waals surface area contributed by atoms with Crippen molar-refractivity contribution in [2.75, 3.05) is 26.7 Å². The summed E-state index contributed by atoms with van der Waals surface area (Å²) in [5.74, 6) is 0.577. The van der Waals surface area contributed by atoms with Gasteiger partial charge in [-0.1, -0.05) is 13.8 Å². The van der Waals surface area contributed by atoms with Crippen molar-refractivity contribution in [2.45, 2.75) is 45.6 Å². The average molecular weight is 216 g/mol. The highest BCUT2D eigenvalue weighted by Gasteiger charge is 2.08. The third kappa shape index (κ3) is 8.85. The fourth-order valence-electron chi connectivity index (χ4n) is 1.48. The largest absolute Gasteiger partial charge is 0.396 e. The second-order valence-electron chi connectivity index (χ2n) is 4.78.